The van der Waals surface area contributed by atoms with Gasteiger partial charge in [0.1, 0.15) is 0 Å². The van der Waals surface area contributed by atoms with E-state index >= 15 is 0 Å². The Kier molecular flexibility index (Phi) is 5.15. The van der Waals surface area contributed by atoms with Crippen LogP contribution in [0.2, 0.25) is 0 Å². The molecule has 0 aromatic carbocycles. The molecule has 0 aliphatic heterocycles. The molecular formula is C12H21N3O2. The van der Waals surface area contributed by atoms with Crippen LogP contribution in [-0.4, -0.2) is 29.4 Å². The average Bonchev–Trinajstić information content (AvgIpc) is 2.68. The molecule has 0 amide bonds. The molecule has 0 saturated carbocycles. The van der Waals surface area contributed by atoms with E-state index in [1.807, 2.05) is 24.9 Å². The van der Waals surface area contributed by atoms with E-state index in [-0.39, 0.29) is 11.9 Å². The third-order valence-corrected chi connectivity index (χ3v) is 2.70. The van der Waals surface area contributed by atoms with Crippen LogP contribution in [0, 0.1) is 5.92 Å². The number of carbonyl (C=O) groups is 1. The van der Waals surface area contributed by atoms with Crippen molar-refractivity contribution in [3.8, 4) is 0 Å². The predicted octanol–water partition coefficient (Wildman–Crippen LogP) is 0.881. The van der Waals surface area contributed by atoms with E-state index in [1.54, 1.807) is 0 Å². The number of ether oxygens (including phenoxy) is 1. The van der Waals surface area contributed by atoms with Crippen molar-refractivity contribution in [1.29, 1.82) is 0 Å². The second-order valence-electron chi connectivity index (χ2n) is 4.18. The molecule has 1 rings (SSSR count). The number of methoxy groups -OCH3 is 1. The van der Waals surface area contributed by atoms with Crippen LogP contribution in [0.3, 0.4) is 0 Å². The first-order chi connectivity index (χ1) is 8.08. The summed E-state index contributed by atoms with van der Waals surface area (Å²) in [6, 6.07) is 0. The van der Waals surface area contributed by atoms with Crippen molar-refractivity contribution in [2.75, 3.05) is 13.7 Å². The van der Waals surface area contributed by atoms with Crippen molar-refractivity contribution in [3.63, 3.8) is 0 Å². The molecular weight excluding hydrogens is 218 g/mol. The molecule has 1 atom stereocenters. The van der Waals surface area contributed by atoms with E-state index in [9.17, 15) is 4.79 Å². The normalized spacial score (nSPS) is 12.5. The Morgan fingerprint density at radius 3 is 2.94 bits per heavy atom. The maximum Gasteiger partial charge on any atom is 0.309 e. The number of rotatable bonds is 6. The number of hydrogen-bond donors (Lipinski definition) is 1. The van der Waals surface area contributed by atoms with E-state index in [1.165, 1.54) is 12.7 Å². The van der Waals surface area contributed by atoms with Gasteiger partial charge < -0.3 is 10.1 Å². The van der Waals surface area contributed by atoms with Gasteiger partial charge in [-0.25, -0.2) is 0 Å². The van der Waals surface area contributed by atoms with Crippen LogP contribution in [0.15, 0.2) is 6.20 Å². The molecule has 1 aromatic rings. The molecule has 0 aliphatic carbocycles. The molecule has 17 heavy (non-hydrogen) atoms. The van der Waals surface area contributed by atoms with Gasteiger partial charge in [-0.15, -0.1) is 0 Å². The van der Waals surface area contributed by atoms with Gasteiger partial charge in [0.2, 0.25) is 0 Å². The van der Waals surface area contributed by atoms with E-state index in [2.05, 4.69) is 22.1 Å². The number of carbonyl (C=O) groups excluding carboxylic acids is 1. The van der Waals surface area contributed by atoms with Gasteiger partial charge in [-0.1, -0.05) is 13.8 Å². The molecule has 0 radical (unpaired) electrons. The quantitative estimate of drug-likeness (QED) is 0.749. The van der Waals surface area contributed by atoms with Crippen molar-refractivity contribution in [1.82, 2.24) is 15.1 Å². The first-order valence-corrected chi connectivity index (χ1v) is 5.88. The molecule has 5 nitrogen and oxygen atoms in total. The largest absolute Gasteiger partial charge is 0.469 e. The maximum atomic E-state index is 11.2. The van der Waals surface area contributed by atoms with Crippen molar-refractivity contribution in [2.24, 2.45) is 13.0 Å². The lowest BCUT2D eigenvalue weighted by Crippen LogP contribution is -2.27. The molecule has 0 spiro atoms. The standard InChI is InChI=1S/C12H21N3O2/c1-5-11-10(8-15(3)14-11)7-13-6-9(2)12(16)17-4/h8-9,13H,5-7H2,1-4H3. The van der Waals surface area contributed by atoms with Gasteiger partial charge in [0.15, 0.2) is 0 Å². The van der Waals surface area contributed by atoms with Gasteiger partial charge >= 0.3 is 5.97 Å². The van der Waals surface area contributed by atoms with Crippen LogP contribution in [-0.2, 0) is 29.5 Å². The first-order valence-electron chi connectivity index (χ1n) is 5.88. The predicted molar refractivity (Wildman–Crippen MR) is 65.5 cm³/mol. The SMILES string of the molecule is CCc1nn(C)cc1CNCC(C)C(=O)OC. The fourth-order valence-corrected chi connectivity index (χ4v) is 1.74. The lowest BCUT2D eigenvalue weighted by molar-refractivity contribution is -0.144. The molecule has 1 heterocycles. The summed E-state index contributed by atoms with van der Waals surface area (Å²) in [6.07, 6.45) is 2.93. The van der Waals surface area contributed by atoms with E-state index in [0.29, 0.717) is 6.54 Å². The first kappa shape index (κ1) is 13.7. The highest BCUT2D eigenvalue weighted by atomic mass is 16.5. The van der Waals surface area contributed by atoms with Crippen LogP contribution in [0.1, 0.15) is 25.1 Å². The highest BCUT2D eigenvalue weighted by molar-refractivity contribution is 5.72. The lowest BCUT2D eigenvalue weighted by Gasteiger charge is -2.10. The second kappa shape index (κ2) is 6.39. The maximum absolute atomic E-state index is 11.2. The minimum absolute atomic E-state index is 0.123. The minimum atomic E-state index is -0.181. The van der Waals surface area contributed by atoms with Crippen LogP contribution in [0.4, 0.5) is 0 Å². The highest BCUT2D eigenvalue weighted by Gasteiger charge is 2.12. The summed E-state index contributed by atoms with van der Waals surface area (Å²) in [6.45, 7) is 5.29. The van der Waals surface area contributed by atoms with Crippen molar-refractivity contribution >= 4 is 5.97 Å². The zero-order valence-corrected chi connectivity index (χ0v) is 11.0. The molecule has 1 aromatic heterocycles. The average molecular weight is 239 g/mol. The Labute approximate surface area is 102 Å². The minimum Gasteiger partial charge on any atom is -0.469 e. The van der Waals surface area contributed by atoms with Crippen LogP contribution < -0.4 is 5.32 Å². The third kappa shape index (κ3) is 3.85. The van der Waals surface area contributed by atoms with Crippen molar-refractivity contribution in [3.05, 3.63) is 17.5 Å². The zero-order valence-electron chi connectivity index (χ0n) is 11.0. The fraction of sp³-hybridized carbons (Fsp3) is 0.667. The van der Waals surface area contributed by atoms with Gasteiger partial charge in [0, 0.05) is 31.9 Å². The molecule has 96 valence electrons. The lowest BCUT2D eigenvalue weighted by atomic mass is 10.1. The van der Waals surface area contributed by atoms with E-state index in [4.69, 9.17) is 0 Å². The summed E-state index contributed by atoms with van der Waals surface area (Å²) in [5.74, 6) is -0.304. The molecule has 5 heteroatoms. The van der Waals surface area contributed by atoms with E-state index < -0.39 is 0 Å². The van der Waals surface area contributed by atoms with Gasteiger partial charge in [-0.2, -0.15) is 5.10 Å². The smallest absolute Gasteiger partial charge is 0.309 e. The molecule has 1 N–H and O–H groups in total. The van der Waals surface area contributed by atoms with Gasteiger partial charge in [0.25, 0.3) is 0 Å². The summed E-state index contributed by atoms with van der Waals surface area (Å²) < 4.78 is 6.49. The van der Waals surface area contributed by atoms with Crippen molar-refractivity contribution < 1.29 is 9.53 Å². The highest BCUT2D eigenvalue weighted by Crippen LogP contribution is 2.07. The van der Waals surface area contributed by atoms with Crippen molar-refractivity contribution in [2.45, 2.75) is 26.8 Å². The zero-order chi connectivity index (χ0) is 12.8. The van der Waals surface area contributed by atoms with Crippen LogP contribution >= 0.6 is 0 Å². The van der Waals surface area contributed by atoms with Crippen LogP contribution in [0.5, 0.6) is 0 Å². The Hall–Kier alpha value is -1.36. The summed E-state index contributed by atoms with van der Waals surface area (Å²) in [5, 5.41) is 7.61. The number of nitrogens with zero attached hydrogens (tertiary/aromatic N) is 2. The Morgan fingerprint density at radius 1 is 1.65 bits per heavy atom. The Balaban J connectivity index is 2.42. The number of esters is 1. The van der Waals surface area contributed by atoms with Gasteiger partial charge in [-0.05, 0) is 6.42 Å². The summed E-state index contributed by atoms with van der Waals surface area (Å²) >= 11 is 0. The number of nitrogens with one attached hydrogen (secondary N) is 1. The second-order valence-corrected chi connectivity index (χ2v) is 4.18. The Bertz CT molecular complexity index is 374. The molecule has 0 saturated heterocycles. The molecule has 0 bridgehead atoms. The molecule has 0 aliphatic rings. The number of aryl methyl sites for hydroxylation is 2. The number of hydrogen-bond acceptors (Lipinski definition) is 4. The third-order valence-electron chi connectivity index (χ3n) is 2.70. The monoisotopic (exact) mass is 239 g/mol. The molecule has 1 unspecified atom stereocenters. The summed E-state index contributed by atoms with van der Waals surface area (Å²) in [4.78, 5) is 11.2. The summed E-state index contributed by atoms with van der Waals surface area (Å²) in [5.41, 5.74) is 2.29. The Morgan fingerprint density at radius 2 is 2.35 bits per heavy atom. The fourth-order valence-electron chi connectivity index (χ4n) is 1.74. The summed E-state index contributed by atoms with van der Waals surface area (Å²) in [7, 11) is 3.33. The molecule has 0 fully saturated rings. The van der Waals surface area contributed by atoms with Gasteiger partial charge in [-0.3, -0.25) is 9.48 Å². The van der Waals surface area contributed by atoms with Gasteiger partial charge in [0.05, 0.1) is 18.7 Å². The number of aromatic nitrogens is 2. The van der Waals surface area contributed by atoms with Crippen LogP contribution in [0.25, 0.3) is 0 Å². The topological polar surface area (TPSA) is 56.2 Å². The van der Waals surface area contributed by atoms with E-state index in [0.717, 1.165) is 18.7 Å².